The van der Waals surface area contributed by atoms with E-state index in [2.05, 4.69) is 20.3 Å². The molecule has 0 radical (unpaired) electrons. The second-order valence-electron chi connectivity index (χ2n) is 7.86. The minimum Gasteiger partial charge on any atom is -0.508 e. The summed E-state index contributed by atoms with van der Waals surface area (Å²) in [4.78, 5) is 29.6. The number of amides is 2. The van der Waals surface area contributed by atoms with Crippen LogP contribution in [0.25, 0.3) is 0 Å². The molecular weight excluding hydrogens is 444 g/mol. The van der Waals surface area contributed by atoms with Crippen LogP contribution in [-0.4, -0.2) is 50.3 Å². The van der Waals surface area contributed by atoms with E-state index in [-0.39, 0.29) is 34.2 Å². The van der Waals surface area contributed by atoms with Gasteiger partial charge in [-0.2, -0.15) is 0 Å². The maximum atomic E-state index is 12.9. The van der Waals surface area contributed by atoms with Crippen LogP contribution in [0.4, 0.5) is 0 Å². The van der Waals surface area contributed by atoms with Crippen molar-refractivity contribution in [2.75, 3.05) is 13.1 Å². The maximum Gasteiger partial charge on any atom is 0.263 e. The second kappa shape index (κ2) is 10.5. The first-order valence-corrected chi connectivity index (χ1v) is 12.3. The highest BCUT2D eigenvalue weighted by atomic mass is 32.2. The van der Waals surface area contributed by atoms with E-state index in [0.29, 0.717) is 37.1 Å². The lowest BCUT2D eigenvalue weighted by Crippen LogP contribution is -2.40. The number of nitrogens with zero attached hydrogens (tertiary/aromatic N) is 1. The molecule has 1 aliphatic rings. The Bertz CT molecular complexity index is 1160. The molecule has 9 nitrogen and oxygen atoms in total. The third-order valence-electron chi connectivity index (χ3n) is 5.43. The Morgan fingerprint density at radius 2 is 1.82 bits per heavy atom. The van der Waals surface area contributed by atoms with E-state index in [1.165, 1.54) is 18.2 Å². The SMILES string of the molecule is CC[C@H](C)[C@H](N=C1NS(=O)(=O)c2ccccc21)C(=O)NCCCNC(=O)c1cccc(O)c1. The first-order chi connectivity index (χ1) is 15.7. The first kappa shape index (κ1) is 24.2. The number of hydrogen-bond donors (Lipinski definition) is 4. The topological polar surface area (TPSA) is 137 Å². The largest absolute Gasteiger partial charge is 0.508 e. The van der Waals surface area contributed by atoms with Crippen LogP contribution in [0.5, 0.6) is 5.75 Å². The maximum absolute atomic E-state index is 12.9. The number of hydrogen-bond acceptors (Lipinski definition) is 6. The molecule has 2 atom stereocenters. The van der Waals surface area contributed by atoms with Gasteiger partial charge in [0.15, 0.2) is 0 Å². The molecule has 0 saturated carbocycles. The molecule has 3 rings (SSSR count). The zero-order valence-electron chi connectivity index (χ0n) is 18.5. The van der Waals surface area contributed by atoms with E-state index in [0.717, 1.165) is 0 Å². The van der Waals surface area contributed by atoms with Gasteiger partial charge in [-0.15, -0.1) is 0 Å². The highest BCUT2D eigenvalue weighted by molar-refractivity contribution is 7.90. The molecule has 0 saturated heterocycles. The van der Waals surface area contributed by atoms with Crippen LogP contribution in [0.1, 0.15) is 42.6 Å². The fraction of sp³-hybridized carbons (Fsp3) is 0.348. The smallest absolute Gasteiger partial charge is 0.263 e. The summed E-state index contributed by atoms with van der Waals surface area (Å²) in [6.07, 6.45) is 1.18. The summed E-state index contributed by atoms with van der Waals surface area (Å²) in [6.45, 7) is 4.48. The summed E-state index contributed by atoms with van der Waals surface area (Å²) in [5.41, 5.74) is 0.805. The van der Waals surface area contributed by atoms with E-state index in [1.807, 2.05) is 13.8 Å². The highest BCUT2D eigenvalue weighted by Gasteiger charge is 2.33. The fourth-order valence-corrected chi connectivity index (χ4v) is 4.63. The molecule has 33 heavy (non-hydrogen) atoms. The van der Waals surface area contributed by atoms with Crippen LogP contribution in [0.3, 0.4) is 0 Å². The Morgan fingerprint density at radius 3 is 2.55 bits per heavy atom. The molecule has 1 heterocycles. The fourth-order valence-electron chi connectivity index (χ4n) is 3.39. The van der Waals surface area contributed by atoms with Gasteiger partial charge in [0.05, 0.1) is 4.90 Å². The minimum atomic E-state index is -3.68. The van der Waals surface area contributed by atoms with Crippen molar-refractivity contribution in [2.24, 2.45) is 10.9 Å². The average Bonchev–Trinajstić information content (AvgIpc) is 3.06. The van der Waals surface area contributed by atoms with Gasteiger partial charge in [-0.25, -0.2) is 8.42 Å². The van der Waals surface area contributed by atoms with Crippen LogP contribution in [0.2, 0.25) is 0 Å². The summed E-state index contributed by atoms with van der Waals surface area (Å²) in [7, 11) is -3.68. The van der Waals surface area contributed by atoms with Crippen molar-refractivity contribution in [2.45, 2.75) is 37.6 Å². The lowest BCUT2D eigenvalue weighted by Gasteiger charge is -2.19. The van der Waals surface area contributed by atoms with Gasteiger partial charge in [-0.1, -0.05) is 38.5 Å². The third-order valence-corrected chi connectivity index (χ3v) is 6.83. The number of carbonyl (C=O) groups is 2. The number of phenols is 1. The molecule has 0 spiro atoms. The summed E-state index contributed by atoms with van der Waals surface area (Å²) in [5, 5.41) is 15.0. The van der Waals surface area contributed by atoms with Crippen LogP contribution in [0, 0.1) is 5.92 Å². The number of sulfonamides is 1. The average molecular weight is 473 g/mol. The van der Waals surface area contributed by atoms with Crippen LogP contribution >= 0.6 is 0 Å². The first-order valence-electron chi connectivity index (χ1n) is 10.8. The van der Waals surface area contributed by atoms with Gasteiger partial charge >= 0.3 is 0 Å². The standard InChI is InChI=1S/C23H28N4O5S/c1-3-15(2)20(26-21-18-10-4-5-11-19(18)33(31,32)27-21)23(30)25-13-7-12-24-22(29)16-8-6-9-17(28)14-16/h4-6,8-11,14-15,20,28H,3,7,12-13H2,1-2H3,(H,24,29)(H,25,30)(H,26,27)/t15-,20-/m0/s1. The lowest BCUT2D eigenvalue weighted by molar-refractivity contribution is -0.123. The number of phenolic OH excluding ortho intramolecular Hbond substituents is 1. The molecular formula is C23H28N4O5S. The molecule has 0 fully saturated rings. The van der Waals surface area contributed by atoms with Crippen LogP contribution < -0.4 is 15.4 Å². The van der Waals surface area contributed by atoms with Crippen molar-refractivity contribution >= 4 is 27.7 Å². The zero-order valence-corrected chi connectivity index (χ0v) is 19.4. The Hall–Kier alpha value is -3.40. The van der Waals surface area contributed by atoms with Gasteiger partial charge in [0, 0.05) is 24.2 Å². The summed E-state index contributed by atoms with van der Waals surface area (Å²) in [5.74, 6) is -0.544. The number of rotatable bonds is 9. The zero-order chi connectivity index (χ0) is 24.0. The molecule has 0 unspecified atom stereocenters. The molecule has 4 N–H and O–H groups in total. The number of aliphatic imine (C=N–C) groups is 1. The second-order valence-corrected chi connectivity index (χ2v) is 9.51. The van der Waals surface area contributed by atoms with Gasteiger partial charge in [0.1, 0.15) is 17.6 Å². The summed E-state index contributed by atoms with van der Waals surface area (Å²) in [6, 6.07) is 11.8. The molecule has 2 aromatic carbocycles. The van der Waals surface area contributed by atoms with Gasteiger partial charge in [0.25, 0.3) is 15.9 Å². The number of carbonyl (C=O) groups excluding carboxylic acids is 2. The van der Waals surface area contributed by atoms with Gasteiger partial charge in [0.2, 0.25) is 5.91 Å². The van der Waals surface area contributed by atoms with Crippen molar-refractivity contribution < 1.29 is 23.1 Å². The molecule has 0 bridgehead atoms. The van der Waals surface area contributed by atoms with E-state index in [1.54, 1.807) is 30.3 Å². The van der Waals surface area contributed by atoms with Crippen molar-refractivity contribution in [3.63, 3.8) is 0 Å². The van der Waals surface area contributed by atoms with E-state index in [4.69, 9.17) is 0 Å². The van der Waals surface area contributed by atoms with E-state index < -0.39 is 16.1 Å². The third kappa shape index (κ3) is 5.89. The monoisotopic (exact) mass is 472 g/mol. The van der Waals surface area contributed by atoms with Gasteiger partial charge in [-0.05, 0) is 42.7 Å². The Morgan fingerprint density at radius 1 is 1.09 bits per heavy atom. The highest BCUT2D eigenvalue weighted by Crippen LogP contribution is 2.24. The number of nitrogens with one attached hydrogen (secondary N) is 3. The molecule has 2 amide bonds. The normalized spacial score (nSPS) is 17.0. The molecule has 176 valence electrons. The van der Waals surface area contributed by atoms with Crippen molar-refractivity contribution in [1.82, 2.24) is 15.4 Å². The van der Waals surface area contributed by atoms with Gasteiger partial charge in [-0.3, -0.25) is 19.3 Å². The Labute approximate surface area is 193 Å². The van der Waals surface area contributed by atoms with E-state index >= 15 is 0 Å². The molecule has 10 heteroatoms. The summed E-state index contributed by atoms with van der Waals surface area (Å²) < 4.78 is 27.1. The van der Waals surface area contributed by atoms with Crippen LogP contribution in [-0.2, 0) is 14.8 Å². The quantitative estimate of drug-likeness (QED) is 0.412. The predicted octanol–water partition coefficient (Wildman–Crippen LogP) is 1.78. The van der Waals surface area contributed by atoms with Crippen LogP contribution in [0.15, 0.2) is 58.4 Å². The number of benzene rings is 2. The summed E-state index contributed by atoms with van der Waals surface area (Å²) >= 11 is 0. The predicted molar refractivity (Wildman–Crippen MR) is 125 cm³/mol. The molecule has 0 aliphatic carbocycles. The minimum absolute atomic E-state index is 0.0137. The van der Waals surface area contributed by atoms with Crippen molar-refractivity contribution in [1.29, 1.82) is 0 Å². The van der Waals surface area contributed by atoms with Gasteiger partial charge < -0.3 is 15.7 Å². The number of aromatic hydroxyl groups is 1. The molecule has 1 aliphatic heterocycles. The number of fused-ring (bicyclic) bond motifs is 1. The Balaban J connectivity index is 1.58. The van der Waals surface area contributed by atoms with Crippen molar-refractivity contribution in [3.05, 3.63) is 59.7 Å². The van der Waals surface area contributed by atoms with E-state index in [9.17, 15) is 23.1 Å². The Kier molecular flexibility index (Phi) is 7.70. The van der Waals surface area contributed by atoms with Crippen molar-refractivity contribution in [3.8, 4) is 5.75 Å². The lowest BCUT2D eigenvalue weighted by atomic mass is 9.98. The number of amidine groups is 1. The molecule has 0 aromatic heterocycles. The molecule has 2 aromatic rings.